The second-order valence-corrected chi connectivity index (χ2v) is 7.34. The molecule has 0 radical (unpaired) electrons. The van der Waals surface area contributed by atoms with Crippen LogP contribution in [0.25, 0.3) is 22.9 Å². The Kier molecular flexibility index (Phi) is 5.55. The molecule has 0 spiro atoms. The summed E-state index contributed by atoms with van der Waals surface area (Å²) >= 11 is 7.51. The van der Waals surface area contributed by atoms with E-state index in [-0.39, 0.29) is 5.91 Å². The number of benzene rings is 1. The van der Waals surface area contributed by atoms with Crippen LogP contribution in [-0.4, -0.2) is 21.6 Å². The van der Waals surface area contributed by atoms with Gasteiger partial charge in [-0.2, -0.15) is 0 Å². The van der Waals surface area contributed by atoms with Gasteiger partial charge in [0.25, 0.3) is 0 Å². The van der Waals surface area contributed by atoms with Crippen molar-refractivity contribution >= 4 is 35.0 Å². The Morgan fingerprint density at radius 2 is 1.82 bits per heavy atom. The topological polar surface area (TPSA) is 84.1 Å². The smallest absolute Gasteiger partial charge is 0.225 e. The molecule has 3 aromatic heterocycles. The Hall–Kier alpha value is -2.90. The van der Waals surface area contributed by atoms with Crippen molar-refractivity contribution in [3.8, 4) is 22.9 Å². The molecule has 8 heteroatoms. The molecule has 0 unspecified atom stereocenters. The lowest BCUT2D eigenvalue weighted by molar-refractivity contribution is -0.115. The molecular weight excluding hydrogens is 398 g/mol. The number of nitrogens with zero attached hydrogens (tertiary/aromatic N) is 1. The molecule has 4 rings (SSSR count). The van der Waals surface area contributed by atoms with Gasteiger partial charge in [0.2, 0.25) is 5.91 Å². The van der Waals surface area contributed by atoms with Crippen molar-refractivity contribution in [3.05, 3.63) is 66.1 Å². The number of aromatic amines is 1. The highest BCUT2D eigenvalue weighted by molar-refractivity contribution is 7.99. The molecule has 1 amide bonds. The van der Waals surface area contributed by atoms with Crippen LogP contribution in [0, 0.1) is 0 Å². The summed E-state index contributed by atoms with van der Waals surface area (Å²) in [4.78, 5) is 20.0. The first-order valence-electron chi connectivity index (χ1n) is 8.55. The number of amides is 1. The standard InChI is InChI=1S/C20H16ClN3O3S/c21-13-5-1-2-6-14(13)22-17(25)9-12-28-20-23-18(15-7-3-10-26-15)19(24-20)16-8-4-11-27-16/h1-8,10-11H,9,12H2,(H,22,25)(H,23,24). The Labute approximate surface area is 170 Å². The number of nitrogens with one attached hydrogen (secondary N) is 2. The van der Waals surface area contributed by atoms with E-state index in [9.17, 15) is 4.79 Å². The summed E-state index contributed by atoms with van der Waals surface area (Å²) in [6.07, 6.45) is 3.53. The summed E-state index contributed by atoms with van der Waals surface area (Å²) in [5.74, 6) is 1.76. The molecule has 0 fully saturated rings. The first-order chi connectivity index (χ1) is 13.7. The first-order valence-corrected chi connectivity index (χ1v) is 9.92. The van der Waals surface area contributed by atoms with Crippen LogP contribution in [-0.2, 0) is 4.79 Å². The highest BCUT2D eigenvalue weighted by atomic mass is 35.5. The quantitative estimate of drug-likeness (QED) is 0.379. The van der Waals surface area contributed by atoms with E-state index in [0.717, 1.165) is 5.69 Å². The van der Waals surface area contributed by atoms with E-state index in [1.165, 1.54) is 11.8 Å². The van der Waals surface area contributed by atoms with Crippen molar-refractivity contribution < 1.29 is 13.6 Å². The molecule has 0 saturated heterocycles. The molecule has 2 N–H and O–H groups in total. The molecule has 6 nitrogen and oxygen atoms in total. The van der Waals surface area contributed by atoms with Crippen molar-refractivity contribution in [1.82, 2.24) is 9.97 Å². The molecular formula is C20H16ClN3O3S. The molecule has 0 aliphatic heterocycles. The maximum atomic E-state index is 12.2. The van der Waals surface area contributed by atoms with E-state index in [1.807, 2.05) is 36.4 Å². The van der Waals surface area contributed by atoms with Crippen LogP contribution < -0.4 is 5.32 Å². The van der Waals surface area contributed by atoms with Gasteiger partial charge in [0.15, 0.2) is 16.7 Å². The van der Waals surface area contributed by atoms with Gasteiger partial charge in [-0.25, -0.2) is 4.98 Å². The normalized spacial score (nSPS) is 10.9. The van der Waals surface area contributed by atoms with Crippen molar-refractivity contribution in [2.24, 2.45) is 0 Å². The van der Waals surface area contributed by atoms with Crippen LogP contribution in [0.1, 0.15) is 6.42 Å². The monoisotopic (exact) mass is 413 g/mol. The van der Waals surface area contributed by atoms with Gasteiger partial charge in [-0.05, 0) is 36.4 Å². The fraction of sp³-hybridized carbons (Fsp3) is 0.100. The van der Waals surface area contributed by atoms with Gasteiger partial charge in [0.1, 0.15) is 11.4 Å². The summed E-state index contributed by atoms with van der Waals surface area (Å²) in [7, 11) is 0. The average molecular weight is 414 g/mol. The van der Waals surface area contributed by atoms with Crippen molar-refractivity contribution in [3.63, 3.8) is 0 Å². The second kappa shape index (κ2) is 8.41. The van der Waals surface area contributed by atoms with Crippen molar-refractivity contribution in [1.29, 1.82) is 0 Å². The summed E-state index contributed by atoms with van der Waals surface area (Å²) in [6.45, 7) is 0. The number of carbonyl (C=O) groups excluding carboxylic acids is 1. The van der Waals surface area contributed by atoms with Gasteiger partial charge in [-0.15, -0.1) is 0 Å². The minimum absolute atomic E-state index is 0.107. The maximum absolute atomic E-state index is 12.2. The van der Waals surface area contributed by atoms with Gasteiger partial charge in [-0.1, -0.05) is 35.5 Å². The highest BCUT2D eigenvalue weighted by Gasteiger charge is 2.18. The number of rotatable bonds is 7. The van der Waals surface area contributed by atoms with E-state index in [0.29, 0.717) is 45.3 Å². The zero-order valence-electron chi connectivity index (χ0n) is 14.6. The van der Waals surface area contributed by atoms with Crippen molar-refractivity contribution in [2.75, 3.05) is 11.1 Å². The lowest BCUT2D eigenvalue weighted by atomic mass is 10.2. The average Bonchev–Trinajstić information content (AvgIpc) is 3.44. The van der Waals surface area contributed by atoms with Crippen molar-refractivity contribution in [2.45, 2.75) is 11.6 Å². The third-order valence-electron chi connectivity index (χ3n) is 3.92. The number of carbonyl (C=O) groups is 1. The highest BCUT2D eigenvalue weighted by Crippen LogP contribution is 2.33. The Bertz CT molecular complexity index is 1010. The number of imidazole rings is 1. The summed E-state index contributed by atoms with van der Waals surface area (Å²) in [5, 5.41) is 4.01. The van der Waals surface area contributed by atoms with Crippen LogP contribution in [0.4, 0.5) is 5.69 Å². The molecule has 3 heterocycles. The minimum Gasteiger partial charge on any atom is -0.463 e. The summed E-state index contributed by atoms with van der Waals surface area (Å²) < 4.78 is 11.0. The van der Waals surface area contributed by atoms with E-state index >= 15 is 0 Å². The lowest BCUT2D eigenvalue weighted by Crippen LogP contribution is -2.12. The second-order valence-electron chi connectivity index (χ2n) is 5.85. The number of anilines is 1. The molecule has 142 valence electrons. The molecule has 0 aliphatic rings. The number of thioether (sulfide) groups is 1. The van der Waals surface area contributed by atoms with Crippen LogP contribution in [0.15, 0.2) is 75.0 Å². The van der Waals surface area contributed by atoms with Gasteiger partial charge >= 0.3 is 0 Å². The van der Waals surface area contributed by atoms with E-state index in [1.54, 1.807) is 24.7 Å². The van der Waals surface area contributed by atoms with Gasteiger partial charge in [-0.3, -0.25) is 4.79 Å². The molecule has 0 bridgehead atoms. The molecule has 4 aromatic rings. The van der Waals surface area contributed by atoms with Crippen LogP contribution >= 0.6 is 23.4 Å². The third-order valence-corrected chi connectivity index (χ3v) is 5.12. The predicted octanol–water partition coefficient (Wildman–Crippen LogP) is 5.70. The number of aromatic nitrogens is 2. The SMILES string of the molecule is O=C(CCSc1nc(-c2ccco2)c(-c2ccco2)[nH]1)Nc1ccccc1Cl. The molecule has 0 aliphatic carbocycles. The molecule has 0 atom stereocenters. The molecule has 28 heavy (non-hydrogen) atoms. The van der Waals surface area contributed by atoms with Crippen LogP contribution in [0.5, 0.6) is 0 Å². The Balaban J connectivity index is 1.42. The fourth-order valence-electron chi connectivity index (χ4n) is 2.63. The van der Waals surface area contributed by atoms with E-state index in [2.05, 4.69) is 15.3 Å². The number of hydrogen-bond donors (Lipinski definition) is 2. The van der Waals surface area contributed by atoms with Crippen LogP contribution in [0.3, 0.4) is 0 Å². The van der Waals surface area contributed by atoms with Gasteiger partial charge < -0.3 is 19.1 Å². The molecule has 0 saturated carbocycles. The summed E-state index contributed by atoms with van der Waals surface area (Å²) in [6, 6.07) is 14.5. The Morgan fingerprint density at radius 1 is 1.07 bits per heavy atom. The Morgan fingerprint density at radius 3 is 2.54 bits per heavy atom. The van der Waals surface area contributed by atoms with E-state index < -0.39 is 0 Å². The number of H-pyrrole nitrogens is 1. The predicted molar refractivity (Wildman–Crippen MR) is 109 cm³/mol. The largest absolute Gasteiger partial charge is 0.463 e. The van der Waals surface area contributed by atoms with E-state index in [4.69, 9.17) is 20.4 Å². The number of para-hydroxylation sites is 1. The zero-order chi connectivity index (χ0) is 19.3. The zero-order valence-corrected chi connectivity index (χ0v) is 16.2. The number of furan rings is 2. The maximum Gasteiger partial charge on any atom is 0.225 e. The molecule has 1 aromatic carbocycles. The van der Waals surface area contributed by atoms with Gasteiger partial charge in [0, 0.05) is 12.2 Å². The fourth-order valence-corrected chi connectivity index (χ4v) is 3.62. The number of hydrogen-bond acceptors (Lipinski definition) is 5. The summed E-state index contributed by atoms with van der Waals surface area (Å²) in [5.41, 5.74) is 2.02. The first kappa shape index (κ1) is 18.5. The third kappa shape index (κ3) is 4.16. The van der Waals surface area contributed by atoms with Gasteiger partial charge in [0.05, 0.1) is 23.2 Å². The lowest BCUT2D eigenvalue weighted by Gasteiger charge is -2.06. The minimum atomic E-state index is -0.107. The van der Waals surface area contributed by atoms with Crippen LogP contribution in [0.2, 0.25) is 5.02 Å². The number of halogens is 1.